The van der Waals surface area contributed by atoms with E-state index in [-0.39, 0.29) is 22.8 Å². The summed E-state index contributed by atoms with van der Waals surface area (Å²) in [5.41, 5.74) is 4.35. The fourth-order valence-corrected chi connectivity index (χ4v) is 7.67. The van der Waals surface area contributed by atoms with Crippen LogP contribution in [0.1, 0.15) is 187 Å². The molecule has 0 spiro atoms. The van der Waals surface area contributed by atoms with E-state index >= 15 is 0 Å². The number of carbonyl (C=O) groups is 2. The molecule has 5 nitrogen and oxygen atoms in total. The molecular weight excluding hydrogens is 596 g/mol. The number of benzene rings is 2. The highest BCUT2D eigenvalue weighted by molar-refractivity contribution is 5.90. The molecule has 268 valence electrons. The molecule has 0 radical (unpaired) electrons. The van der Waals surface area contributed by atoms with Crippen LogP contribution in [0.5, 0.6) is 5.75 Å². The van der Waals surface area contributed by atoms with Crippen molar-refractivity contribution < 1.29 is 23.8 Å². The lowest BCUT2D eigenvalue weighted by Gasteiger charge is -2.36. The van der Waals surface area contributed by atoms with Crippen LogP contribution in [0.3, 0.4) is 0 Å². The van der Waals surface area contributed by atoms with Crippen molar-refractivity contribution in [3.8, 4) is 5.75 Å². The van der Waals surface area contributed by atoms with E-state index in [2.05, 4.69) is 39.8 Å². The van der Waals surface area contributed by atoms with Gasteiger partial charge in [0.1, 0.15) is 12.4 Å². The van der Waals surface area contributed by atoms with Crippen molar-refractivity contribution >= 4 is 11.9 Å². The van der Waals surface area contributed by atoms with Crippen molar-refractivity contribution in [1.29, 1.82) is 0 Å². The summed E-state index contributed by atoms with van der Waals surface area (Å²) in [7, 11) is 2.88. The lowest BCUT2D eigenvalue weighted by molar-refractivity contribution is 0.0591. The number of hydrogen-bond acceptors (Lipinski definition) is 5. The van der Waals surface area contributed by atoms with Crippen LogP contribution in [0, 0.1) is 5.41 Å². The molecule has 3 rings (SSSR count). The molecule has 2 aromatic carbocycles. The zero-order valence-electron chi connectivity index (χ0n) is 31.4. The molecule has 48 heavy (non-hydrogen) atoms. The summed E-state index contributed by atoms with van der Waals surface area (Å²) in [6.07, 6.45) is 24.7. The maximum absolute atomic E-state index is 13.2. The lowest BCUT2D eigenvalue weighted by atomic mass is 9.70. The summed E-state index contributed by atoms with van der Waals surface area (Å²) in [5, 5.41) is 0. The number of hydrogen-bond donors (Lipinski definition) is 0. The second kappa shape index (κ2) is 20.6. The Labute approximate surface area is 292 Å². The van der Waals surface area contributed by atoms with Crippen molar-refractivity contribution in [3.63, 3.8) is 0 Å². The Balaban J connectivity index is 2.07. The zero-order chi connectivity index (χ0) is 34.8. The third-order valence-electron chi connectivity index (χ3n) is 11.5. The average Bonchev–Trinajstić information content (AvgIpc) is 3.12. The predicted molar refractivity (Wildman–Crippen MR) is 198 cm³/mol. The Morgan fingerprint density at radius 3 is 1.58 bits per heavy atom. The molecule has 1 aliphatic rings. The Bertz CT molecular complexity index is 1240. The first kappa shape index (κ1) is 39.6. The molecule has 1 atom stereocenters. The van der Waals surface area contributed by atoms with Gasteiger partial charge in [0.2, 0.25) is 0 Å². The summed E-state index contributed by atoms with van der Waals surface area (Å²) in [6.45, 7) is 9.67. The van der Waals surface area contributed by atoms with Crippen molar-refractivity contribution in [3.05, 3.63) is 64.2 Å². The number of esters is 2. The van der Waals surface area contributed by atoms with Gasteiger partial charge in [0, 0.05) is 5.56 Å². The standard InChI is InChI=1S/C43H66O5/c1-7-42(4)28-22-20-18-16-14-12-10-11-13-15-17-19-21-23-29-43(8-2,9-3)32-37-30-36(41(45)47-6)31-38(42)39(37)48-33-34-24-26-35(27-25-34)40(44)46-5/h24-27,30-31H,7-23,28-29,32-33H2,1-6H3. The molecule has 0 aliphatic heterocycles. The second-order valence-corrected chi connectivity index (χ2v) is 14.7. The van der Waals surface area contributed by atoms with Crippen LogP contribution in [0.25, 0.3) is 0 Å². The molecule has 0 saturated carbocycles. The van der Waals surface area contributed by atoms with Gasteiger partial charge in [-0.2, -0.15) is 0 Å². The third-order valence-corrected chi connectivity index (χ3v) is 11.5. The van der Waals surface area contributed by atoms with Crippen LogP contribution in [-0.2, 0) is 27.9 Å². The molecular formula is C43H66O5. The minimum Gasteiger partial charge on any atom is -0.488 e. The highest BCUT2D eigenvalue weighted by atomic mass is 16.5. The van der Waals surface area contributed by atoms with E-state index in [1.54, 1.807) is 12.1 Å². The molecule has 0 heterocycles. The molecule has 0 fully saturated rings. The smallest absolute Gasteiger partial charge is 0.337 e. The van der Waals surface area contributed by atoms with E-state index in [0.717, 1.165) is 61.0 Å². The maximum atomic E-state index is 13.2. The fourth-order valence-electron chi connectivity index (χ4n) is 7.67. The SMILES string of the molecule is CCC1(CC)CCCCCCCCCCCCCCCCC(C)(CC)c2cc(C(=O)OC)cc(c2OCc2ccc(C(=O)OC)cc2)C1. The van der Waals surface area contributed by atoms with E-state index in [0.29, 0.717) is 17.7 Å². The first-order valence-corrected chi connectivity index (χ1v) is 19.3. The Hall–Kier alpha value is -2.82. The molecule has 1 unspecified atom stereocenters. The van der Waals surface area contributed by atoms with E-state index in [9.17, 15) is 9.59 Å². The number of rotatable bonds is 8. The van der Waals surface area contributed by atoms with Gasteiger partial charge in [-0.15, -0.1) is 0 Å². The summed E-state index contributed by atoms with van der Waals surface area (Å²) in [5.74, 6) is 0.293. The molecule has 2 bridgehead atoms. The van der Waals surface area contributed by atoms with Gasteiger partial charge in [-0.05, 0) is 71.9 Å². The Kier molecular flexibility index (Phi) is 17.0. The predicted octanol–water partition coefficient (Wildman–Crippen LogP) is 12.1. The molecule has 2 aromatic rings. The van der Waals surface area contributed by atoms with Gasteiger partial charge in [-0.1, -0.05) is 143 Å². The second-order valence-electron chi connectivity index (χ2n) is 14.7. The highest BCUT2D eigenvalue weighted by Gasteiger charge is 2.34. The lowest BCUT2D eigenvalue weighted by Crippen LogP contribution is -2.26. The van der Waals surface area contributed by atoms with Crippen LogP contribution in [-0.4, -0.2) is 26.2 Å². The van der Waals surface area contributed by atoms with Crippen LogP contribution in [0.4, 0.5) is 0 Å². The number of carbonyl (C=O) groups excluding carboxylic acids is 2. The van der Waals surface area contributed by atoms with E-state index < -0.39 is 0 Å². The molecule has 5 heteroatoms. The van der Waals surface area contributed by atoms with E-state index in [1.807, 2.05) is 12.1 Å². The molecule has 0 amide bonds. The Morgan fingerprint density at radius 2 is 1.10 bits per heavy atom. The van der Waals surface area contributed by atoms with Crippen molar-refractivity contribution in [2.75, 3.05) is 14.2 Å². The maximum Gasteiger partial charge on any atom is 0.337 e. The van der Waals surface area contributed by atoms with Gasteiger partial charge in [0.05, 0.1) is 25.3 Å². The van der Waals surface area contributed by atoms with Crippen LogP contribution in [0.2, 0.25) is 0 Å². The number of fused-ring (bicyclic) bond motifs is 2. The van der Waals surface area contributed by atoms with Gasteiger partial charge in [0.15, 0.2) is 0 Å². The molecule has 0 saturated heterocycles. The number of methoxy groups -OCH3 is 2. The first-order valence-electron chi connectivity index (χ1n) is 19.3. The summed E-state index contributed by atoms with van der Waals surface area (Å²) in [4.78, 5) is 25.3. The first-order chi connectivity index (χ1) is 23.2. The molecule has 0 aromatic heterocycles. The minimum absolute atomic E-state index is 0.131. The monoisotopic (exact) mass is 662 g/mol. The summed E-state index contributed by atoms with van der Waals surface area (Å²) >= 11 is 0. The van der Waals surface area contributed by atoms with E-state index in [1.165, 1.54) is 104 Å². The average molecular weight is 663 g/mol. The van der Waals surface area contributed by atoms with Gasteiger partial charge >= 0.3 is 11.9 Å². The molecule has 1 aliphatic carbocycles. The van der Waals surface area contributed by atoms with Crippen molar-refractivity contribution in [1.82, 2.24) is 0 Å². The minimum atomic E-state index is -0.345. The quantitative estimate of drug-likeness (QED) is 0.263. The van der Waals surface area contributed by atoms with Gasteiger partial charge < -0.3 is 14.2 Å². The van der Waals surface area contributed by atoms with Gasteiger partial charge in [0.25, 0.3) is 0 Å². The summed E-state index contributed by atoms with van der Waals surface area (Å²) < 4.78 is 17.1. The third kappa shape index (κ3) is 11.7. The van der Waals surface area contributed by atoms with Crippen LogP contribution in [0.15, 0.2) is 36.4 Å². The normalized spacial score (nSPS) is 20.5. The topological polar surface area (TPSA) is 61.8 Å². The Morgan fingerprint density at radius 1 is 0.625 bits per heavy atom. The van der Waals surface area contributed by atoms with Crippen molar-refractivity contribution in [2.24, 2.45) is 5.41 Å². The van der Waals surface area contributed by atoms with E-state index in [4.69, 9.17) is 14.2 Å². The van der Waals surface area contributed by atoms with Gasteiger partial charge in [-0.25, -0.2) is 9.59 Å². The largest absolute Gasteiger partial charge is 0.488 e. The summed E-state index contributed by atoms with van der Waals surface area (Å²) in [6, 6.07) is 11.6. The number of ether oxygens (including phenoxy) is 3. The highest BCUT2D eigenvalue weighted by Crippen LogP contribution is 2.45. The zero-order valence-corrected chi connectivity index (χ0v) is 31.4. The van der Waals surface area contributed by atoms with Gasteiger partial charge in [-0.3, -0.25) is 0 Å². The van der Waals surface area contributed by atoms with Crippen molar-refractivity contribution in [2.45, 2.75) is 168 Å². The fraction of sp³-hybridized carbons (Fsp3) is 0.674. The van der Waals surface area contributed by atoms with Crippen LogP contribution < -0.4 is 4.74 Å². The molecule has 0 N–H and O–H groups in total. The van der Waals surface area contributed by atoms with Crippen LogP contribution >= 0.6 is 0 Å².